The Kier molecular flexibility index (Phi) is 11.3. The van der Waals surface area contributed by atoms with Crippen molar-refractivity contribution in [2.75, 3.05) is 24.6 Å². The molecule has 0 radical (unpaired) electrons. The lowest BCUT2D eigenvalue weighted by molar-refractivity contribution is 0.0544. The summed E-state index contributed by atoms with van der Waals surface area (Å²) in [7, 11) is -4.35. The number of amides is 2. The number of sulfonamides is 1. The molecule has 1 aromatic heterocycles. The fraction of sp³-hybridized carbons (Fsp3) is 0.289. The second-order valence-corrected chi connectivity index (χ2v) is 16.1. The van der Waals surface area contributed by atoms with Crippen LogP contribution in [0.15, 0.2) is 82.2 Å². The van der Waals surface area contributed by atoms with Gasteiger partial charge >= 0.3 is 0 Å². The fourth-order valence-electron chi connectivity index (χ4n) is 6.61. The molecule has 14 heteroatoms. The molecule has 4 aromatic carbocycles. The highest BCUT2D eigenvalue weighted by atomic mass is 79.9. The number of nitrogens with zero attached hydrogens (tertiary/aromatic N) is 4. The van der Waals surface area contributed by atoms with Crippen molar-refractivity contribution in [3.63, 3.8) is 0 Å². The zero-order chi connectivity index (χ0) is 37.3. The lowest BCUT2D eigenvalue weighted by atomic mass is 9.93. The van der Waals surface area contributed by atoms with Gasteiger partial charge in [-0.25, -0.2) is 17.8 Å². The summed E-state index contributed by atoms with van der Waals surface area (Å²) in [6, 6.07) is 19.4. The van der Waals surface area contributed by atoms with Gasteiger partial charge in [-0.2, -0.15) is 0 Å². The maximum atomic E-state index is 14.6. The molecule has 0 spiro atoms. The quantitative estimate of drug-likeness (QED) is 0.140. The number of benzene rings is 4. The molecule has 1 aliphatic rings. The van der Waals surface area contributed by atoms with Crippen molar-refractivity contribution < 1.29 is 23.1 Å². The van der Waals surface area contributed by atoms with Gasteiger partial charge in [0, 0.05) is 40.1 Å². The van der Waals surface area contributed by atoms with E-state index in [1.54, 1.807) is 40.8 Å². The summed E-state index contributed by atoms with van der Waals surface area (Å²) >= 11 is 16.6. The van der Waals surface area contributed by atoms with Crippen molar-refractivity contribution in [3.05, 3.63) is 115 Å². The Morgan fingerprint density at radius 2 is 1.69 bits per heavy atom. The first kappa shape index (κ1) is 37.8. The molecule has 1 atom stereocenters. The maximum Gasteiger partial charge on any atom is 0.265 e. The average molecular weight is 828 g/mol. The number of carbonyl (C=O) groups is 2. The smallest absolute Gasteiger partial charge is 0.265 e. The monoisotopic (exact) mass is 825 g/mol. The predicted octanol–water partition coefficient (Wildman–Crippen LogP) is 7.71. The Morgan fingerprint density at radius 3 is 2.38 bits per heavy atom. The number of aliphatic hydroxyl groups is 1. The van der Waals surface area contributed by atoms with Crippen molar-refractivity contribution in [2.24, 2.45) is 0 Å². The Hall–Kier alpha value is -3.94. The highest BCUT2D eigenvalue weighted by Crippen LogP contribution is 2.34. The molecule has 2 amide bonds. The Morgan fingerprint density at radius 1 is 0.981 bits per heavy atom. The number of anilines is 1. The SMILES string of the molecule is CCCN(CCC)c1nn(-c2ccc(C(=O)NS(=O)(=O)c3ccc4c(Cl)ccc(Br)c4c3)cc2C(=O)N2Cc3ccccc3CC2CO)c(C)c1Cl. The van der Waals surface area contributed by atoms with E-state index in [4.69, 9.17) is 28.3 Å². The van der Waals surface area contributed by atoms with Crippen LogP contribution in [0.3, 0.4) is 0 Å². The fourth-order valence-corrected chi connectivity index (χ4v) is 8.53. The first-order valence-electron chi connectivity index (χ1n) is 17.0. The van der Waals surface area contributed by atoms with Gasteiger partial charge in [-0.1, -0.05) is 83.3 Å². The van der Waals surface area contributed by atoms with Gasteiger partial charge in [-0.05, 0) is 85.2 Å². The number of halogens is 3. The van der Waals surface area contributed by atoms with E-state index in [1.807, 2.05) is 24.3 Å². The Bertz CT molecular complexity index is 2290. The van der Waals surface area contributed by atoms with Gasteiger partial charge in [0.05, 0.1) is 34.5 Å². The predicted molar refractivity (Wildman–Crippen MR) is 208 cm³/mol. The molecule has 52 heavy (non-hydrogen) atoms. The third kappa shape index (κ3) is 7.32. The number of nitrogens with one attached hydrogen (secondary N) is 1. The van der Waals surface area contributed by atoms with E-state index >= 15 is 0 Å². The standard InChI is InChI=1S/C38H38BrCl2N5O5S/c1-4-16-44(17-5-2)36-35(41)23(3)46(42-36)34-15-10-25(19-31(34)38(49)45-21-26-9-7-6-8-24(26)18-27(45)22-47)37(48)43-52(50,51)28-11-12-29-30(20-28)32(39)13-14-33(29)40/h6-15,19-20,27,47H,4-5,16-18,21-22H2,1-3H3,(H,43,48). The molecular formula is C38H38BrCl2N5O5S. The molecule has 0 bridgehead atoms. The van der Waals surface area contributed by atoms with Crippen LogP contribution in [0, 0.1) is 6.92 Å². The van der Waals surface area contributed by atoms with Gasteiger partial charge in [0.2, 0.25) is 0 Å². The largest absolute Gasteiger partial charge is 0.394 e. The van der Waals surface area contributed by atoms with Gasteiger partial charge in [0.25, 0.3) is 21.8 Å². The van der Waals surface area contributed by atoms with Crippen molar-refractivity contribution in [1.29, 1.82) is 0 Å². The van der Waals surface area contributed by atoms with E-state index in [0.29, 0.717) is 48.9 Å². The van der Waals surface area contributed by atoms with E-state index in [-0.39, 0.29) is 29.2 Å². The molecule has 1 unspecified atom stereocenters. The number of aliphatic hydroxyl groups excluding tert-OH is 1. The minimum absolute atomic E-state index is 0.0617. The molecule has 0 fully saturated rings. The third-order valence-corrected chi connectivity index (χ3v) is 12.1. The van der Waals surface area contributed by atoms with Crippen LogP contribution in [0.2, 0.25) is 10.0 Å². The Labute approximate surface area is 321 Å². The van der Waals surface area contributed by atoms with Crippen LogP contribution in [0.25, 0.3) is 16.5 Å². The number of rotatable bonds is 11. The molecule has 272 valence electrons. The minimum atomic E-state index is -4.35. The highest BCUT2D eigenvalue weighted by Gasteiger charge is 2.33. The molecule has 0 saturated heterocycles. The topological polar surface area (TPSA) is 125 Å². The summed E-state index contributed by atoms with van der Waals surface area (Å²) in [5.41, 5.74) is 2.97. The minimum Gasteiger partial charge on any atom is -0.394 e. The van der Waals surface area contributed by atoms with E-state index < -0.39 is 27.9 Å². The first-order valence-corrected chi connectivity index (χ1v) is 20.0. The molecule has 2 heterocycles. The average Bonchev–Trinajstić information content (AvgIpc) is 3.44. The zero-order valence-corrected chi connectivity index (χ0v) is 32.8. The molecule has 0 aliphatic carbocycles. The molecule has 10 nitrogen and oxygen atoms in total. The van der Waals surface area contributed by atoms with Crippen molar-refractivity contribution in [1.82, 2.24) is 19.4 Å². The van der Waals surface area contributed by atoms with Crippen molar-refractivity contribution in [2.45, 2.75) is 57.5 Å². The second kappa shape index (κ2) is 15.6. The van der Waals surface area contributed by atoms with Crippen LogP contribution in [0.5, 0.6) is 0 Å². The van der Waals surface area contributed by atoms with E-state index in [9.17, 15) is 23.1 Å². The van der Waals surface area contributed by atoms with Crippen molar-refractivity contribution >= 4 is 77.6 Å². The van der Waals surface area contributed by atoms with E-state index in [1.165, 1.54) is 24.3 Å². The van der Waals surface area contributed by atoms with Crippen LogP contribution in [0.4, 0.5) is 5.82 Å². The van der Waals surface area contributed by atoms with Gasteiger partial charge in [-0.15, -0.1) is 5.10 Å². The number of fused-ring (bicyclic) bond motifs is 2. The number of hydrogen-bond acceptors (Lipinski definition) is 7. The third-order valence-electron chi connectivity index (χ3n) is 9.28. The summed E-state index contributed by atoms with van der Waals surface area (Å²) in [6.45, 7) is 7.37. The summed E-state index contributed by atoms with van der Waals surface area (Å²) in [5, 5.41) is 17.4. The number of hydrogen-bond donors (Lipinski definition) is 2. The summed E-state index contributed by atoms with van der Waals surface area (Å²) in [4.78, 5) is 31.9. The summed E-state index contributed by atoms with van der Waals surface area (Å²) in [5.74, 6) is -0.803. The summed E-state index contributed by atoms with van der Waals surface area (Å²) < 4.78 is 31.5. The van der Waals surface area contributed by atoms with E-state index in [0.717, 1.165) is 37.1 Å². The van der Waals surface area contributed by atoms with Gasteiger partial charge in [0.1, 0.15) is 5.02 Å². The molecule has 2 N–H and O–H groups in total. The second-order valence-electron chi connectivity index (χ2n) is 12.8. The zero-order valence-electron chi connectivity index (χ0n) is 28.9. The van der Waals surface area contributed by atoms with Crippen molar-refractivity contribution in [3.8, 4) is 5.69 Å². The van der Waals surface area contributed by atoms with Crippen LogP contribution in [0.1, 0.15) is 64.2 Å². The number of carbonyl (C=O) groups excluding carboxylic acids is 2. The highest BCUT2D eigenvalue weighted by molar-refractivity contribution is 9.10. The molecule has 6 rings (SSSR count). The molecule has 0 saturated carbocycles. The van der Waals surface area contributed by atoms with Crippen LogP contribution in [-0.2, 0) is 23.0 Å². The molecular weight excluding hydrogens is 789 g/mol. The molecule has 5 aromatic rings. The van der Waals surface area contributed by atoms with Crippen LogP contribution in [-0.4, -0.2) is 65.8 Å². The number of aromatic nitrogens is 2. The first-order chi connectivity index (χ1) is 24.9. The van der Waals surface area contributed by atoms with Gasteiger partial charge in [-0.3, -0.25) is 9.59 Å². The maximum absolute atomic E-state index is 14.6. The summed E-state index contributed by atoms with van der Waals surface area (Å²) in [6.07, 6.45) is 2.20. The molecule has 1 aliphatic heterocycles. The lowest BCUT2D eigenvalue weighted by Gasteiger charge is -2.36. The van der Waals surface area contributed by atoms with Gasteiger partial charge in [0.15, 0.2) is 5.82 Å². The van der Waals surface area contributed by atoms with Crippen LogP contribution >= 0.6 is 39.1 Å². The normalized spacial score (nSPS) is 14.4. The van der Waals surface area contributed by atoms with Crippen LogP contribution < -0.4 is 9.62 Å². The van der Waals surface area contributed by atoms with Gasteiger partial charge < -0.3 is 14.9 Å². The van der Waals surface area contributed by atoms with E-state index in [2.05, 4.69) is 39.4 Å². The lowest BCUT2D eigenvalue weighted by Crippen LogP contribution is -2.46. The Balaban J connectivity index is 1.42.